The first-order chi connectivity index (χ1) is 47.2. The second-order valence-electron chi connectivity index (χ2n) is 22.9. The van der Waals surface area contributed by atoms with Gasteiger partial charge in [-0.1, -0.05) is 6.92 Å². The molecule has 100 heavy (non-hydrogen) atoms. The molecular formula is C57H93N11O32. The van der Waals surface area contributed by atoms with Crippen LogP contribution in [0.5, 0.6) is 0 Å². The van der Waals surface area contributed by atoms with Crippen LogP contribution in [0.15, 0.2) is 0 Å². The maximum absolute atomic E-state index is 13.0. The number of hydrogen-bond donors (Lipinski definition) is 19. The number of ether oxygens (including phenoxy) is 8. The lowest BCUT2D eigenvalue weighted by molar-refractivity contribution is -0.363. The highest BCUT2D eigenvalue weighted by molar-refractivity contribution is 5.95. The third-order valence-electron chi connectivity index (χ3n) is 15.3. The van der Waals surface area contributed by atoms with Crippen molar-refractivity contribution in [3.8, 4) is 0 Å². The van der Waals surface area contributed by atoms with Crippen molar-refractivity contribution >= 4 is 82.9 Å². The van der Waals surface area contributed by atoms with Gasteiger partial charge in [0.15, 0.2) is 12.6 Å². The van der Waals surface area contributed by atoms with Crippen LogP contribution in [0.25, 0.3) is 0 Å². The second-order valence-corrected chi connectivity index (χ2v) is 22.9. The Morgan fingerprint density at radius 3 is 1.54 bits per heavy atom. The highest BCUT2D eigenvalue weighted by Gasteiger charge is 2.57. The molecule has 11 amide bonds. The quantitative estimate of drug-likeness (QED) is 0.0199. The van der Waals surface area contributed by atoms with E-state index in [1.165, 1.54) is 6.92 Å². The van der Waals surface area contributed by atoms with E-state index in [9.17, 15) is 118 Å². The molecule has 0 bridgehead atoms. The Labute approximate surface area is 571 Å². The van der Waals surface area contributed by atoms with Crippen molar-refractivity contribution in [3.63, 3.8) is 0 Å². The van der Waals surface area contributed by atoms with Crippen molar-refractivity contribution in [2.75, 3.05) is 119 Å². The van der Waals surface area contributed by atoms with E-state index in [2.05, 4.69) is 57.3 Å². The van der Waals surface area contributed by atoms with Gasteiger partial charge in [0.25, 0.3) is 5.79 Å². The van der Waals surface area contributed by atoms with E-state index in [4.69, 9.17) is 28.4 Å². The number of aliphatic hydroxyl groups is 9. The summed E-state index contributed by atoms with van der Waals surface area (Å²) in [5.41, 5.74) is 0. The molecule has 0 aromatic rings. The minimum atomic E-state index is -2.89. The molecule has 43 nitrogen and oxygen atoms in total. The summed E-state index contributed by atoms with van der Waals surface area (Å²) >= 11 is 0. The van der Waals surface area contributed by atoms with Crippen molar-refractivity contribution in [2.45, 2.75) is 151 Å². The number of esters is 2. The van der Waals surface area contributed by atoms with Crippen molar-refractivity contribution in [1.82, 2.24) is 57.7 Å². The molecule has 43 heteroatoms. The third kappa shape index (κ3) is 28.5. The van der Waals surface area contributed by atoms with Crippen LogP contribution in [-0.2, 0) is 105 Å². The summed E-state index contributed by atoms with van der Waals surface area (Å²) in [6, 6.07) is -1.53. The van der Waals surface area contributed by atoms with Crippen LogP contribution in [-0.4, -0.2) is 354 Å². The molecule has 3 aliphatic rings. The molecule has 0 saturated carbocycles. The molecular weight excluding hydrogens is 1350 g/mol. The molecule has 3 saturated heterocycles. The molecule has 0 aliphatic carbocycles. The maximum atomic E-state index is 13.0. The average molecular weight is 1440 g/mol. The van der Waals surface area contributed by atoms with Gasteiger partial charge in [-0.25, -0.2) is 4.79 Å². The number of carbonyl (C=O) groups is 14. The summed E-state index contributed by atoms with van der Waals surface area (Å²) in [4.78, 5) is 175. The van der Waals surface area contributed by atoms with Gasteiger partial charge in [0.05, 0.1) is 98.2 Å². The first-order valence-corrected chi connectivity index (χ1v) is 31.5. The van der Waals surface area contributed by atoms with E-state index in [1.807, 2.05) is 0 Å². The summed E-state index contributed by atoms with van der Waals surface area (Å²) in [5, 5.41) is 127. The Hall–Kier alpha value is -8.02. The molecule has 7 unspecified atom stereocenters. The minimum absolute atomic E-state index is 0.00703. The zero-order valence-corrected chi connectivity index (χ0v) is 55.6. The van der Waals surface area contributed by atoms with E-state index in [1.54, 1.807) is 6.92 Å². The largest absolute Gasteiger partial charge is 0.477 e. The number of methoxy groups -OCH3 is 2. The molecule has 0 spiro atoms. The Bertz CT molecular complexity index is 2770. The smallest absolute Gasteiger partial charge is 0.364 e. The first-order valence-electron chi connectivity index (χ1n) is 31.5. The van der Waals surface area contributed by atoms with Gasteiger partial charge >= 0.3 is 17.9 Å². The fourth-order valence-electron chi connectivity index (χ4n) is 9.72. The third-order valence-corrected chi connectivity index (χ3v) is 15.3. The Morgan fingerprint density at radius 1 is 0.580 bits per heavy atom. The van der Waals surface area contributed by atoms with E-state index in [-0.39, 0.29) is 57.7 Å². The van der Waals surface area contributed by atoms with Crippen LogP contribution in [0.4, 0.5) is 0 Å². The molecule has 0 aromatic heterocycles. The molecule has 19 N–H and O–H groups in total. The van der Waals surface area contributed by atoms with Crippen molar-refractivity contribution in [2.24, 2.45) is 5.92 Å². The number of rotatable bonds is 42. The van der Waals surface area contributed by atoms with Gasteiger partial charge in [0, 0.05) is 45.2 Å². The highest BCUT2D eigenvalue weighted by Crippen LogP contribution is 2.36. The van der Waals surface area contributed by atoms with Crippen LogP contribution in [0.1, 0.15) is 59.3 Å². The zero-order valence-electron chi connectivity index (χ0n) is 55.6. The van der Waals surface area contributed by atoms with Gasteiger partial charge in [0.1, 0.15) is 81.1 Å². The van der Waals surface area contributed by atoms with Gasteiger partial charge in [-0.2, -0.15) is 0 Å². The van der Waals surface area contributed by atoms with Crippen LogP contribution < -0.4 is 47.9 Å². The average Bonchev–Trinajstić information content (AvgIpc) is 0.819. The number of nitrogens with one attached hydrogen (secondary N) is 9. The number of hydrogen-bond acceptors (Lipinski definition) is 31. The van der Waals surface area contributed by atoms with Crippen molar-refractivity contribution in [1.29, 1.82) is 0 Å². The Morgan fingerprint density at radius 2 is 1.06 bits per heavy atom. The van der Waals surface area contributed by atoms with Crippen LogP contribution in [0.2, 0.25) is 0 Å². The number of carboxylic acid groups (broad SMARTS) is 1. The monoisotopic (exact) mass is 1440 g/mol. The SMILES string of the molecule is CCNC(=O)CNC(=O)CNC(=O)CN(CC(=O)OC)C(=O)CNC(=O)CNC(=O)CN(CC(=O)OC)C(=O)CNC(=O)CNC(=O)CCCCC(=O)NCCCO[C@@H]1OC(CO)[C@@H](O[C@@H]2OC(CO[C@]3(C(=O)O)C[C@@H](O)[C@@H](NC(C)=O)C(C(O)C(O)CO)O3)[C@H](O)C(O)[C@@H]2O)C(O)[C@@H]1C. The first kappa shape index (κ1) is 86.2. The van der Waals surface area contributed by atoms with Crippen molar-refractivity contribution in [3.05, 3.63) is 0 Å². The highest BCUT2D eigenvalue weighted by atomic mass is 16.8. The standard InChI is InChI=1S/C57H93N11O32/c1-6-58-36(76)15-61-37(77)17-62-40(80)21-67(23-44(84)93-4)43(83)20-65-39(79)18-63-41(81)22-68(24-45(85)94-5)42(82)19-64-38(78)16-60-35(75)11-8-7-10-34(74)59-12-9-13-95-54-28(2)47(86)52(32(26-70)97-54)99-55-51(90)50(89)49(88)33(98-55)27-96-57(56(91)92)14-30(72)46(66-29(3)71)53(100-57)48(87)31(73)25-69/h28,30-33,46-55,69-70,72-73,86-90H,6-27H2,1-5H3,(H,58,76)(H,59,74)(H,60,75)(H,61,77)(H,62,80)(H,63,81)(H,64,78)(H,65,79)(H,66,71)(H,91,92)/t28-,30+,31?,32?,33?,46+,47?,48?,49-,50?,51-,52+,53?,54+,55-,57+/m0/s1. The number of aliphatic carboxylic acids is 1. The molecule has 0 aromatic carbocycles. The molecule has 3 fully saturated rings. The maximum Gasteiger partial charge on any atom is 0.364 e. The van der Waals surface area contributed by atoms with E-state index < -0.39 is 260 Å². The summed E-state index contributed by atoms with van der Waals surface area (Å²) in [6.07, 6.45) is -23.6. The van der Waals surface area contributed by atoms with E-state index in [0.717, 1.165) is 21.1 Å². The topological polar surface area (TPSA) is 630 Å². The van der Waals surface area contributed by atoms with Gasteiger partial charge in [-0.3, -0.25) is 62.3 Å². The summed E-state index contributed by atoms with van der Waals surface area (Å²) in [6.45, 7) is -5.29. The Balaban J connectivity index is 1.38. The molecule has 568 valence electrons. The molecule has 16 atom stereocenters. The van der Waals surface area contributed by atoms with Gasteiger partial charge < -0.3 is 147 Å². The Kier molecular flexibility index (Phi) is 37.6. The van der Waals surface area contributed by atoms with Gasteiger partial charge in [0.2, 0.25) is 65.0 Å². The van der Waals surface area contributed by atoms with Crippen LogP contribution >= 0.6 is 0 Å². The molecule has 3 aliphatic heterocycles. The predicted molar refractivity (Wildman–Crippen MR) is 327 cm³/mol. The minimum Gasteiger partial charge on any atom is -0.477 e. The van der Waals surface area contributed by atoms with E-state index in [0.29, 0.717) is 16.3 Å². The number of carboxylic acids is 1. The number of nitrogens with zero attached hydrogens (tertiary/aromatic N) is 2. The number of aliphatic hydroxyl groups excluding tert-OH is 9. The summed E-state index contributed by atoms with van der Waals surface area (Å²) in [5.74, 6) is -16.2. The zero-order chi connectivity index (χ0) is 75.0. The lowest BCUT2D eigenvalue weighted by Gasteiger charge is -2.48. The summed E-state index contributed by atoms with van der Waals surface area (Å²) < 4.78 is 43.4. The normalized spacial score (nSPS) is 25.4. The fraction of sp³-hybridized carbons (Fsp3) is 0.754. The summed E-state index contributed by atoms with van der Waals surface area (Å²) in [7, 11) is 2.01. The lowest BCUT2D eigenvalue weighted by Crippen LogP contribution is -2.68. The van der Waals surface area contributed by atoms with Crippen LogP contribution in [0.3, 0.4) is 0 Å². The fourth-order valence-corrected chi connectivity index (χ4v) is 9.72. The molecule has 0 radical (unpaired) electrons. The lowest BCUT2D eigenvalue weighted by atomic mass is 9.88. The second kappa shape index (κ2) is 43.6. The predicted octanol–water partition coefficient (Wildman–Crippen LogP) is -13.0. The van der Waals surface area contributed by atoms with Gasteiger partial charge in [-0.05, 0) is 26.2 Å². The van der Waals surface area contributed by atoms with Gasteiger partial charge in [-0.15, -0.1) is 0 Å². The number of likely N-dealkylation sites (N-methyl/N-ethyl adjacent to an activating group) is 1. The number of carbonyl (C=O) groups excluding carboxylic acids is 13. The van der Waals surface area contributed by atoms with Crippen LogP contribution in [0, 0.1) is 5.92 Å². The number of unbranched alkanes of at least 4 members (excludes halogenated alkanes) is 1. The van der Waals surface area contributed by atoms with Crippen molar-refractivity contribution < 1.29 is 156 Å². The number of amides is 11. The molecule has 3 heterocycles. The molecule has 3 rings (SSSR count). The van der Waals surface area contributed by atoms with E-state index >= 15 is 0 Å².